The molecule has 0 aliphatic rings. The maximum atomic E-state index is 5.82. The molecule has 2 N–H and O–H groups in total. The molecule has 102 valence electrons. The minimum absolute atomic E-state index is 0.327. The van der Waals surface area contributed by atoms with Crippen LogP contribution in [0, 0.1) is 0 Å². The molecule has 2 aromatic rings. The van der Waals surface area contributed by atoms with Crippen LogP contribution in [0.3, 0.4) is 0 Å². The summed E-state index contributed by atoms with van der Waals surface area (Å²) in [5.74, 6) is 1.57. The molecule has 0 bridgehead atoms. The van der Waals surface area contributed by atoms with Crippen LogP contribution in [0.25, 0.3) is 11.4 Å². The van der Waals surface area contributed by atoms with E-state index in [1.54, 1.807) is 14.2 Å². The van der Waals surface area contributed by atoms with Gasteiger partial charge in [0.25, 0.3) is 0 Å². The lowest BCUT2D eigenvalue weighted by atomic mass is 10.2. The van der Waals surface area contributed by atoms with Gasteiger partial charge in [0.15, 0.2) is 0 Å². The van der Waals surface area contributed by atoms with E-state index in [0.29, 0.717) is 18.3 Å². The first-order valence-corrected chi connectivity index (χ1v) is 6.37. The van der Waals surface area contributed by atoms with Crippen molar-refractivity contribution in [1.29, 1.82) is 0 Å². The van der Waals surface area contributed by atoms with Gasteiger partial charge in [-0.05, 0) is 34.1 Å². The molecule has 0 radical (unpaired) electrons. The van der Waals surface area contributed by atoms with Crippen molar-refractivity contribution in [1.82, 2.24) is 10.1 Å². The molecular formula is C12H14BrN3O3. The van der Waals surface area contributed by atoms with Crippen LogP contribution >= 0.6 is 15.9 Å². The van der Waals surface area contributed by atoms with Crippen molar-refractivity contribution >= 4 is 15.9 Å². The van der Waals surface area contributed by atoms with E-state index in [1.165, 1.54) is 0 Å². The SMILES string of the molecule is COCC(N)c1nc(-c2ccc(OC)c(Br)c2)no1. The molecule has 2 rings (SSSR count). The maximum absolute atomic E-state index is 5.82. The fourth-order valence-electron chi connectivity index (χ4n) is 1.56. The van der Waals surface area contributed by atoms with Gasteiger partial charge in [0, 0.05) is 12.7 Å². The number of ether oxygens (including phenoxy) is 2. The lowest BCUT2D eigenvalue weighted by Gasteiger charge is -2.04. The van der Waals surface area contributed by atoms with Crippen LogP contribution in [0.15, 0.2) is 27.2 Å². The molecule has 6 nitrogen and oxygen atoms in total. The predicted octanol–water partition coefficient (Wildman–Crippen LogP) is 2.15. The van der Waals surface area contributed by atoms with Crippen molar-refractivity contribution in [3.05, 3.63) is 28.6 Å². The molecule has 0 saturated carbocycles. The normalized spacial score (nSPS) is 12.4. The van der Waals surface area contributed by atoms with E-state index in [1.807, 2.05) is 18.2 Å². The standard InChI is InChI=1S/C12H14BrN3O3/c1-17-6-9(14)12-15-11(16-19-12)7-3-4-10(18-2)8(13)5-7/h3-5,9H,6,14H2,1-2H3. The number of hydrogen-bond acceptors (Lipinski definition) is 6. The van der Waals surface area contributed by atoms with E-state index >= 15 is 0 Å². The number of nitrogens with zero attached hydrogens (tertiary/aromatic N) is 2. The molecular weight excluding hydrogens is 314 g/mol. The molecule has 1 atom stereocenters. The van der Waals surface area contributed by atoms with Gasteiger partial charge in [-0.15, -0.1) is 0 Å². The first-order valence-electron chi connectivity index (χ1n) is 5.57. The van der Waals surface area contributed by atoms with E-state index in [2.05, 4.69) is 26.1 Å². The summed E-state index contributed by atoms with van der Waals surface area (Å²) in [5, 5.41) is 3.90. The molecule has 1 heterocycles. The van der Waals surface area contributed by atoms with E-state index in [4.69, 9.17) is 19.7 Å². The lowest BCUT2D eigenvalue weighted by molar-refractivity contribution is 0.166. The average Bonchev–Trinajstić information content (AvgIpc) is 2.88. The van der Waals surface area contributed by atoms with Crippen molar-refractivity contribution in [2.45, 2.75) is 6.04 Å². The van der Waals surface area contributed by atoms with Gasteiger partial charge in [0.05, 0.1) is 18.2 Å². The molecule has 0 aliphatic heterocycles. The first kappa shape index (κ1) is 14.0. The Labute approximate surface area is 119 Å². The van der Waals surface area contributed by atoms with Crippen molar-refractivity contribution in [3.8, 4) is 17.1 Å². The summed E-state index contributed by atoms with van der Waals surface area (Å²) in [6.07, 6.45) is 0. The van der Waals surface area contributed by atoms with Gasteiger partial charge in [-0.3, -0.25) is 0 Å². The van der Waals surface area contributed by atoms with Gasteiger partial charge < -0.3 is 19.7 Å². The Kier molecular flexibility index (Phi) is 4.52. The fraction of sp³-hybridized carbons (Fsp3) is 0.333. The van der Waals surface area contributed by atoms with Gasteiger partial charge >= 0.3 is 0 Å². The molecule has 0 spiro atoms. The van der Waals surface area contributed by atoms with Crippen LogP contribution in [0.1, 0.15) is 11.9 Å². The Balaban J connectivity index is 2.25. The van der Waals surface area contributed by atoms with Crippen LogP contribution in [-0.4, -0.2) is 31.0 Å². The molecule has 1 aromatic carbocycles. The third kappa shape index (κ3) is 3.12. The highest BCUT2D eigenvalue weighted by Gasteiger charge is 2.16. The summed E-state index contributed by atoms with van der Waals surface area (Å²) < 4.78 is 16.0. The van der Waals surface area contributed by atoms with Gasteiger partial charge in [0.1, 0.15) is 11.8 Å². The van der Waals surface area contributed by atoms with Crippen molar-refractivity contribution in [2.75, 3.05) is 20.8 Å². The molecule has 0 aliphatic carbocycles. The Bertz CT molecular complexity index is 559. The van der Waals surface area contributed by atoms with Crippen molar-refractivity contribution < 1.29 is 14.0 Å². The second kappa shape index (κ2) is 6.14. The minimum Gasteiger partial charge on any atom is -0.496 e. The minimum atomic E-state index is -0.423. The molecule has 1 unspecified atom stereocenters. The zero-order chi connectivity index (χ0) is 13.8. The Morgan fingerprint density at radius 1 is 1.42 bits per heavy atom. The number of aromatic nitrogens is 2. The smallest absolute Gasteiger partial charge is 0.246 e. The topological polar surface area (TPSA) is 83.4 Å². The number of benzene rings is 1. The summed E-state index contributed by atoms with van der Waals surface area (Å²) in [5.41, 5.74) is 6.63. The van der Waals surface area contributed by atoms with E-state index < -0.39 is 6.04 Å². The van der Waals surface area contributed by atoms with E-state index in [0.717, 1.165) is 15.8 Å². The van der Waals surface area contributed by atoms with E-state index in [-0.39, 0.29) is 0 Å². The third-order valence-electron chi connectivity index (χ3n) is 2.52. The highest BCUT2D eigenvalue weighted by atomic mass is 79.9. The number of rotatable bonds is 5. The Morgan fingerprint density at radius 3 is 2.84 bits per heavy atom. The summed E-state index contributed by atoms with van der Waals surface area (Å²) >= 11 is 3.41. The molecule has 7 heteroatoms. The van der Waals surface area contributed by atoms with Crippen LogP contribution in [-0.2, 0) is 4.74 Å². The number of nitrogens with two attached hydrogens (primary N) is 1. The van der Waals surface area contributed by atoms with Crippen LogP contribution in [0.4, 0.5) is 0 Å². The predicted molar refractivity (Wildman–Crippen MR) is 72.8 cm³/mol. The van der Waals surface area contributed by atoms with Gasteiger partial charge in [-0.2, -0.15) is 4.98 Å². The molecule has 0 saturated heterocycles. The van der Waals surface area contributed by atoms with Crippen LogP contribution < -0.4 is 10.5 Å². The third-order valence-corrected chi connectivity index (χ3v) is 3.13. The number of methoxy groups -OCH3 is 2. The van der Waals surface area contributed by atoms with Gasteiger partial charge in [-0.1, -0.05) is 5.16 Å². The monoisotopic (exact) mass is 327 g/mol. The zero-order valence-electron chi connectivity index (χ0n) is 10.6. The molecule has 19 heavy (non-hydrogen) atoms. The maximum Gasteiger partial charge on any atom is 0.246 e. The van der Waals surface area contributed by atoms with Crippen LogP contribution in [0.2, 0.25) is 0 Å². The quantitative estimate of drug-likeness (QED) is 0.905. The molecule has 0 fully saturated rings. The van der Waals surface area contributed by atoms with Crippen LogP contribution in [0.5, 0.6) is 5.75 Å². The molecule has 0 amide bonds. The van der Waals surface area contributed by atoms with E-state index in [9.17, 15) is 0 Å². The zero-order valence-corrected chi connectivity index (χ0v) is 12.2. The second-order valence-electron chi connectivity index (χ2n) is 3.87. The largest absolute Gasteiger partial charge is 0.496 e. The molecule has 1 aromatic heterocycles. The second-order valence-corrected chi connectivity index (χ2v) is 4.72. The highest BCUT2D eigenvalue weighted by Crippen LogP contribution is 2.29. The van der Waals surface area contributed by atoms with Gasteiger partial charge in [-0.25, -0.2) is 0 Å². The van der Waals surface area contributed by atoms with Crippen molar-refractivity contribution in [3.63, 3.8) is 0 Å². The van der Waals surface area contributed by atoms with Gasteiger partial charge in [0.2, 0.25) is 11.7 Å². The average molecular weight is 328 g/mol. The summed E-state index contributed by atoms with van der Waals surface area (Å²) in [6, 6.07) is 5.10. The summed E-state index contributed by atoms with van der Waals surface area (Å²) in [4.78, 5) is 4.25. The Hall–Kier alpha value is -1.44. The fourth-order valence-corrected chi connectivity index (χ4v) is 2.10. The lowest BCUT2D eigenvalue weighted by Crippen LogP contribution is -2.16. The summed E-state index contributed by atoms with van der Waals surface area (Å²) in [7, 11) is 3.17. The Morgan fingerprint density at radius 2 is 2.21 bits per heavy atom. The highest BCUT2D eigenvalue weighted by molar-refractivity contribution is 9.10. The number of hydrogen-bond donors (Lipinski definition) is 1. The first-order chi connectivity index (χ1) is 9.15. The summed E-state index contributed by atoms with van der Waals surface area (Å²) in [6.45, 7) is 0.327. The number of halogens is 1. The van der Waals surface area contributed by atoms with Crippen molar-refractivity contribution in [2.24, 2.45) is 5.73 Å².